The monoisotopic (exact) mass is 280 g/mol. The molecule has 1 heterocycles. The highest BCUT2D eigenvalue weighted by molar-refractivity contribution is 5.83. The van der Waals surface area contributed by atoms with Gasteiger partial charge in [0.25, 0.3) is 0 Å². The van der Waals surface area contributed by atoms with E-state index < -0.39 is 22.6 Å². The molecule has 2 N–H and O–H groups in total. The molecule has 0 amide bonds. The average molecular weight is 280 g/mol. The molecule has 1 unspecified atom stereocenters. The number of ketones is 1. The van der Waals surface area contributed by atoms with Gasteiger partial charge in [-0.25, -0.2) is 4.79 Å². The SMILES string of the molecule is CC(=C/C(=O)O)/C=C/[C@@]1(O)C2(C)CC(=O)C[C@]1(C)CO2. The molecule has 5 nitrogen and oxygen atoms in total. The highest BCUT2D eigenvalue weighted by atomic mass is 16.5. The Morgan fingerprint density at radius 3 is 2.55 bits per heavy atom. The third kappa shape index (κ3) is 2.11. The van der Waals surface area contributed by atoms with E-state index in [1.54, 1.807) is 26.0 Å². The molecule has 0 spiro atoms. The van der Waals surface area contributed by atoms with Crippen LogP contribution >= 0.6 is 0 Å². The normalized spacial score (nSPS) is 41.4. The van der Waals surface area contributed by atoms with Gasteiger partial charge < -0.3 is 14.9 Å². The fourth-order valence-electron chi connectivity index (χ4n) is 3.29. The molecule has 1 saturated carbocycles. The largest absolute Gasteiger partial charge is 0.478 e. The van der Waals surface area contributed by atoms with Crippen molar-refractivity contribution in [2.24, 2.45) is 5.41 Å². The molecule has 20 heavy (non-hydrogen) atoms. The molecule has 0 radical (unpaired) electrons. The molecule has 0 aromatic heterocycles. The van der Waals surface area contributed by atoms with Gasteiger partial charge in [-0.2, -0.15) is 0 Å². The highest BCUT2D eigenvalue weighted by Crippen LogP contribution is 2.56. The molecule has 110 valence electrons. The summed E-state index contributed by atoms with van der Waals surface area (Å²) in [7, 11) is 0. The van der Waals surface area contributed by atoms with Gasteiger partial charge >= 0.3 is 5.97 Å². The summed E-state index contributed by atoms with van der Waals surface area (Å²) in [6, 6.07) is 0. The molecule has 1 aliphatic heterocycles. The number of ether oxygens (including phenoxy) is 1. The lowest BCUT2D eigenvalue weighted by atomic mass is 9.59. The van der Waals surface area contributed by atoms with Crippen LogP contribution in [0.15, 0.2) is 23.8 Å². The summed E-state index contributed by atoms with van der Waals surface area (Å²) in [6.45, 7) is 5.53. The van der Waals surface area contributed by atoms with E-state index >= 15 is 0 Å². The summed E-state index contributed by atoms with van der Waals surface area (Å²) < 4.78 is 5.71. The lowest BCUT2D eigenvalue weighted by Gasteiger charge is -2.47. The first-order valence-electron chi connectivity index (χ1n) is 6.60. The maximum Gasteiger partial charge on any atom is 0.328 e. The average Bonchev–Trinajstić information content (AvgIpc) is 2.43. The van der Waals surface area contributed by atoms with E-state index in [-0.39, 0.29) is 18.6 Å². The second-order valence-corrected chi connectivity index (χ2v) is 6.30. The number of carbonyl (C=O) groups is 2. The minimum Gasteiger partial charge on any atom is -0.478 e. The Hall–Kier alpha value is -1.46. The molecular formula is C15H20O5. The van der Waals surface area contributed by atoms with Gasteiger partial charge in [-0.05, 0) is 25.5 Å². The van der Waals surface area contributed by atoms with E-state index in [2.05, 4.69) is 0 Å². The number of hydrogen-bond donors (Lipinski definition) is 2. The van der Waals surface area contributed by atoms with Gasteiger partial charge in [-0.1, -0.05) is 13.0 Å². The smallest absolute Gasteiger partial charge is 0.328 e. The van der Waals surface area contributed by atoms with Crippen molar-refractivity contribution in [3.8, 4) is 0 Å². The Kier molecular flexibility index (Phi) is 3.38. The number of fused-ring (bicyclic) bond motifs is 2. The third-order valence-corrected chi connectivity index (χ3v) is 4.50. The van der Waals surface area contributed by atoms with E-state index in [4.69, 9.17) is 9.84 Å². The van der Waals surface area contributed by atoms with Crippen LogP contribution in [0.25, 0.3) is 0 Å². The minimum absolute atomic E-state index is 0.0865. The Balaban J connectivity index is 2.36. The second-order valence-electron chi connectivity index (χ2n) is 6.30. The van der Waals surface area contributed by atoms with Crippen LogP contribution in [0.2, 0.25) is 0 Å². The number of carboxylic acid groups (broad SMARTS) is 1. The third-order valence-electron chi connectivity index (χ3n) is 4.50. The van der Waals surface area contributed by atoms with Crippen LogP contribution in [0.5, 0.6) is 0 Å². The number of aliphatic carboxylic acids is 1. The predicted octanol–water partition coefficient (Wildman–Crippen LogP) is 1.46. The van der Waals surface area contributed by atoms with Crippen LogP contribution in [0.1, 0.15) is 33.6 Å². The number of carbonyl (C=O) groups excluding carboxylic acids is 1. The van der Waals surface area contributed by atoms with Crippen molar-refractivity contribution in [1.82, 2.24) is 0 Å². The van der Waals surface area contributed by atoms with Crippen LogP contribution < -0.4 is 0 Å². The topological polar surface area (TPSA) is 83.8 Å². The van der Waals surface area contributed by atoms with Crippen molar-refractivity contribution >= 4 is 11.8 Å². The number of allylic oxidation sites excluding steroid dienone is 2. The predicted molar refractivity (Wildman–Crippen MR) is 72.2 cm³/mol. The summed E-state index contributed by atoms with van der Waals surface area (Å²) in [6.07, 6.45) is 4.67. The Morgan fingerprint density at radius 2 is 2.00 bits per heavy atom. The number of aliphatic hydroxyl groups is 1. The van der Waals surface area contributed by atoms with Crippen molar-refractivity contribution in [1.29, 1.82) is 0 Å². The van der Waals surface area contributed by atoms with Crippen LogP contribution in [-0.2, 0) is 14.3 Å². The molecule has 0 aromatic carbocycles. The van der Waals surface area contributed by atoms with Crippen LogP contribution in [0, 0.1) is 5.41 Å². The lowest BCUT2D eigenvalue weighted by molar-refractivity contribution is -0.151. The Morgan fingerprint density at radius 1 is 1.35 bits per heavy atom. The standard InChI is InChI=1S/C15H20O5/c1-10(6-12(17)18)4-5-15(19)13(2)7-11(16)8-14(15,3)20-9-13/h4-6,19H,7-9H2,1-3H3,(H,17,18)/b5-4+,10-6-/t13-,14?,15+/m1/s1. The number of hydrogen-bond acceptors (Lipinski definition) is 4. The quantitative estimate of drug-likeness (QED) is 0.604. The number of carboxylic acids is 1. The van der Waals surface area contributed by atoms with E-state index in [0.29, 0.717) is 12.2 Å². The van der Waals surface area contributed by atoms with Gasteiger partial charge in [-0.3, -0.25) is 4.79 Å². The van der Waals surface area contributed by atoms with Gasteiger partial charge in [0.1, 0.15) is 17.0 Å². The van der Waals surface area contributed by atoms with Gasteiger partial charge in [0.15, 0.2) is 0 Å². The van der Waals surface area contributed by atoms with Gasteiger partial charge in [0.05, 0.1) is 6.61 Å². The van der Waals surface area contributed by atoms with Crippen molar-refractivity contribution in [2.75, 3.05) is 6.61 Å². The molecule has 5 heteroatoms. The number of rotatable bonds is 3. The summed E-state index contributed by atoms with van der Waals surface area (Å²) in [5.41, 5.74) is -2.37. The summed E-state index contributed by atoms with van der Waals surface area (Å²) in [4.78, 5) is 22.4. The van der Waals surface area contributed by atoms with Gasteiger partial charge in [0.2, 0.25) is 0 Å². The molecular weight excluding hydrogens is 260 g/mol. The molecule has 2 fully saturated rings. The maximum atomic E-state index is 11.8. The summed E-state index contributed by atoms with van der Waals surface area (Å²) >= 11 is 0. The van der Waals surface area contributed by atoms with Crippen molar-refractivity contribution in [3.63, 3.8) is 0 Å². The van der Waals surface area contributed by atoms with E-state index in [1.807, 2.05) is 6.92 Å². The van der Waals surface area contributed by atoms with Crippen molar-refractivity contribution in [3.05, 3.63) is 23.8 Å². The molecule has 2 bridgehead atoms. The van der Waals surface area contributed by atoms with E-state index in [1.165, 1.54) is 0 Å². The molecule has 0 aromatic rings. The highest BCUT2D eigenvalue weighted by Gasteiger charge is 2.67. The van der Waals surface area contributed by atoms with Gasteiger partial charge in [0, 0.05) is 24.3 Å². The first-order valence-corrected chi connectivity index (χ1v) is 6.60. The van der Waals surface area contributed by atoms with Gasteiger partial charge in [-0.15, -0.1) is 0 Å². The Labute approximate surface area is 117 Å². The van der Waals surface area contributed by atoms with Crippen LogP contribution in [0.3, 0.4) is 0 Å². The molecule has 3 atom stereocenters. The Bertz CT molecular complexity index is 496. The zero-order valence-corrected chi connectivity index (χ0v) is 12.0. The zero-order chi connectivity index (χ0) is 15.2. The number of Topliss-reactive ketones (excluding diaryl/α,β-unsaturated/α-hetero) is 1. The lowest BCUT2D eigenvalue weighted by Crippen LogP contribution is -2.60. The van der Waals surface area contributed by atoms with E-state index in [9.17, 15) is 14.7 Å². The minimum atomic E-state index is -1.28. The fourth-order valence-corrected chi connectivity index (χ4v) is 3.29. The second kappa shape index (κ2) is 4.53. The molecule has 2 aliphatic rings. The van der Waals surface area contributed by atoms with Crippen LogP contribution in [-0.4, -0.2) is 39.8 Å². The van der Waals surface area contributed by atoms with E-state index in [0.717, 1.165) is 6.08 Å². The van der Waals surface area contributed by atoms with Crippen molar-refractivity contribution in [2.45, 2.75) is 44.8 Å². The first-order chi connectivity index (χ1) is 9.12. The first kappa shape index (κ1) is 14.9. The molecule has 1 saturated heterocycles. The summed E-state index contributed by atoms with van der Waals surface area (Å²) in [5.74, 6) is -0.946. The maximum absolute atomic E-state index is 11.8. The van der Waals surface area contributed by atoms with Crippen molar-refractivity contribution < 1.29 is 24.5 Å². The zero-order valence-electron chi connectivity index (χ0n) is 12.0. The summed E-state index contributed by atoms with van der Waals surface area (Å²) in [5, 5.41) is 19.7. The van der Waals surface area contributed by atoms with Crippen LogP contribution in [0.4, 0.5) is 0 Å². The molecule has 2 rings (SSSR count). The fraction of sp³-hybridized carbons (Fsp3) is 0.600. The molecule has 1 aliphatic carbocycles.